The Labute approximate surface area is 192 Å². The molecule has 4 aromatic rings. The molecule has 1 heterocycles. The van der Waals surface area contributed by atoms with Gasteiger partial charge in [-0.25, -0.2) is 9.97 Å². The maximum absolute atomic E-state index is 6.50. The lowest BCUT2D eigenvalue weighted by atomic mass is 10.0. The molecule has 0 saturated heterocycles. The minimum absolute atomic E-state index is 0.614. The lowest BCUT2D eigenvalue weighted by Crippen LogP contribution is -2.17. The summed E-state index contributed by atoms with van der Waals surface area (Å²) in [5.74, 6) is 1.44. The van der Waals surface area contributed by atoms with Gasteiger partial charge in [0.1, 0.15) is 5.82 Å². The number of halogens is 2. The van der Waals surface area contributed by atoms with Crippen molar-refractivity contribution in [1.82, 2.24) is 14.9 Å². The lowest BCUT2D eigenvalue weighted by Gasteiger charge is -2.14. The second-order valence-corrected chi connectivity index (χ2v) is 8.55. The minimum atomic E-state index is 0.614. The van der Waals surface area contributed by atoms with Crippen LogP contribution in [0.25, 0.3) is 33.4 Å². The SMILES string of the molecule is CN(C)CCCNc1nc(-c2cccc(-c3cccc(Cl)c3)c2)nc2c(Cl)cccc12. The second-order valence-electron chi connectivity index (χ2n) is 7.71. The first-order valence-electron chi connectivity index (χ1n) is 10.2. The van der Waals surface area contributed by atoms with Gasteiger partial charge < -0.3 is 10.2 Å². The fraction of sp³-hybridized carbons (Fsp3) is 0.200. The van der Waals surface area contributed by atoms with Gasteiger partial charge in [-0.2, -0.15) is 0 Å². The Morgan fingerprint density at radius 2 is 1.55 bits per heavy atom. The van der Waals surface area contributed by atoms with E-state index < -0.39 is 0 Å². The van der Waals surface area contributed by atoms with Crippen LogP contribution in [0.4, 0.5) is 5.82 Å². The predicted molar refractivity (Wildman–Crippen MR) is 132 cm³/mol. The van der Waals surface area contributed by atoms with Crippen LogP contribution in [0, 0.1) is 0 Å². The zero-order chi connectivity index (χ0) is 21.8. The van der Waals surface area contributed by atoms with Crippen LogP contribution in [0.15, 0.2) is 66.7 Å². The first-order chi connectivity index (χ1) is 15.0. The molecule has 0 fully saturated rings. The molecule has 4 nitrogen and oxygen atoms in total. The Bertz CT molecular complexity index is 1210. The van der Waals surface area contributed by atoms with E-state index in [4.69, 9.17) is 33.2 Å². The van der Waals surface area contributed by atoms with Gasteiger partial charge in [0.2, 0.25) is 0 Å². The Morgan fingerprint density at radius 3 is 2.32 bits per heavy atom. The summed E-state index contributed by atoms with van der Waals surface area (Å²) in [5, 5.41) is 5.73. The van der Waals surface area contributed by atoms with Gasteiger partial charge in [0.25, 0.3) is 0 Å². The van der Waals surface area contributed by atoms with Crippen molar-refractivity contribution in [3.05, 3.63) is 76.8 Å². The molecule has 0 unspecified atom stereocenters. The van der Waals surface area contributed by atoms with Crippen molar-refractivity contribution < 1.29 is 0 Å². The number of para-hydroxylation sites is 1. The molecule has 0 aliphatic heterocycles. The highest BCUT2D eigenvalue weighted by molar-refractivity contribution is 6.35. The Hall–Kier alpha value is -2.66. The summed E-state index contributed by atoms with van der Waals surface area (Å²) in [7, 11) is 4.15. The standard InChI is InChI=1S/C25H24Cl2N4/c1-31(2)14-6-13-28-25-21-11-5-12-22(27)23(21)29-24(30-25)19-9-3-7-17(15-19)18-8-4-10-20(26)16-18/h3-5,7-12,15-16H,6,13-14H2,1-2H3,(H,28,29,30). The summed E-state index contributed by atoms with van der Waals surface area (Å²) in [6.07, 6.45) is 1.01. The van der Waals surface area contributed by atoms with Crippen molar-refractivity contribution in [2.45, 2.75) is 6.42 Å². The topological polar surface area (TPSA) is 41.0 Å². The Balaban J connectivity index is 1.74. The van der Waals surface area contributed by atoms with Crippen LogP contribution in [0.1, 0.15) is 6.42 Å². The van der Waals surface area contributed by atoms with Gasteiger partial charge in [-0.15, -0.1) is 0 Å². The van der Waals surface area contributed by atoms with Crippen LogP contribution >= 0.6 is 23.2 Å². The van der Waals surface area contributed by atoms with E-state index in [-0.39, 0.29) is 0 Å². The molecule has 1 N–H and O–H groups in total. The number of fused-ring (bicyclic) bond motifs is 1. The van der Waals surface area contributed by atoms with Crippen molar-refractivity contribution in [3.8, 4) is 22.5 Å². The lowest BCUT2D eigenvalue weighted by molar-refractivity contribution is 0.405. The van der Waals surface area contributed by atoms with E-state index >= 15 is 0 Å². The average molecular weight is 451 g/mol. The quantitative estimate of drug-likeness (QED) is 0.320. The monoisotopic (exact) mass is 450 g/mol. The normalized spacial score (nSPS) is 11.3. The van der Waals surface area contributed by atoms with Gasteiger partial charge in [-0.3, -0.25) is 0 Å². The molecular weight excluding hydrogens is 427 g/mol. The summed E-state index contributed by atoms with van der Waals surface area (Å²) in [5.41, 5.74) is 3.78. The van der Waals surface area contributed by atoms with Crippen molar-refractivity contribution in [3.63, 3.8) is 0 Å². The van der Waals surface area contributed by atoms with Crippen LogP contribution < -0.4 is 5.32 Å². The molecule has 0 atom stereocenters. The fourth-order valence-corrected chi connectivity index (χ4v) is 3.90. The molecule has 0 bridgehead atoms. The van der Waals surface area contributed by atoms with Gasteiger partial charge in [0.05, 0.1) is 10.5 Å². The van der Waals surface area contributed by atoms with Gasteiger partial charge in [0, 0.05) is 22.5 Å². The van der Waals surface area contributed by atoms with Crippen molar-refractivity contribution in [2.24, 2.45) is 0 Å². The molecule has 0 radical (unpaired) electrons. The number of hydrogen-bond acceptors (Lipinski definition) is 4. The first-order valence-corrected chi connectivity index (χ1v) is 11.0. The zero-order valence-corrected chi connectivity index (χ0v) is 19.1. The van der Waals surface area contributed by atoms with Gasteiger partial charge in [-0.1, -0.05) is 59.6 Å². The van der Waals surface area contributed by atoms with Crippen LogP contribution in [-0.2, 0) is 0 Å². The molecule has 158 valence electrons. The van der Waals surface area contributed by atoms with Crippen LogP contribution in [0.2, 0.25) is 10.0 Å². The Morgan fingerprint density at radius 1 is 0.839 bits per heavy atom. The number of hydrogen-bond donors (Lipinski definition) is 1. The first kappa shape index (κ1) is 21.6. The highest BCUT2D eigenvalue weighted by Crippen LogP contribution is 2.31. The van der Waals surface area contributed by atoms with Crippen molar-refractivity contribution in [2.75, 3.05) is 32.5 Å². The van der Waals surface area contributed by atoms with E-state index in [2.05, 4.69) is 36.4 Å². The van der Waals surface area contributed by atoms with Gasteiger partial charge in [-0.05, 0) is 68.5 Å². The van der Waals surface area contributed by atoms with Gasteiger partial charge in [0.15, 0.2) is 5.82 Å². The van der Waals surface area contributed by atoms with E-state index in [0.29, 0.717) is 15.9 Å². The summed E-state index contributed by atoms with van der Waals surface area (Å²) in [6, 6.07) is 21.8. The van der Waals surface area contributed by atoms with E-state index in [0.717, 1.165) is 52.9 Å². The number of nitrogens with zero attached hydrogens (tertiary/aromatic N) is 3. The molecule has 0 aliphatic carbocycles. The molecule has 0 aliphatic rings. The largest absolute Gasteiger partial charge is 0.369 e. The second kappa shape index (κ2) is 9.65. The summed E-state index contributed by atoms with van der Waals surface area (Å²) < 4.78 is 0. The molecule has 4 rings (SSSR count). The van der Waals surface area contributed by atoms with Crippen LogP contribution in [-0.4, -0.2) is 42.1 Å². The van der Waals surface area contributed by atoms with Gasteiger partial charge >= 0.3 is 0 Å². The number of benzene rings is 3. The third-order valence-electron chi connectivity index (χ3n) is 5.03. The van der Waals surface area contributed by atoms with Crippen molar-refractivity contribution >= 4 is 39.9 Å². The molecular formula is C25H24Cl2N4. The number of aromatic nitrogens is 2. The molecule has 0 saturated carbocycles. The molecule has 1 aromatic heterocycles. The highest BCUT2D eigenvalue weighted by Gasteiger charge is 2.12. The highest BCUT2D eigenvalue weighted by atomic mass is 35.5. The minimum Gasteiger partial charge on any atom is -0.369 e. The number of anilines is 1. The fourth-order valence-electron chi connectivity index (χ4n) is 3.49. The number of rotatable bonds is 7. The smallest absolute Gasteiger partial charge is 0.162 e. The maximum atomic E-state index is 6.50. The van der Waals surface area contributed by atoms with E-state index in [1.54, 1.807) is 0 Å². The van der Waals surface area contributed by atoms with E-state index in [1.807, 2.05) is 54.6 Å². The molecule has 6 heteroatoms. The molecule has 0 spiro atoms. The summed E-state index contributed by atoms with van der Waals surface area (Å²) in [6.45, 7) is 1.82. The molecule has 0 amide bonds. The van der Waals surface area contributed by atoms with Crippen molar-refractivity contribution in [1.29, 1.82) is 0 Å². The third-order valence-corrected chi connectivity index (χ3v) is 5.57. The maximum Gasteiger partial charge on any atom is 0.162 e. The van der Waals surface area contributed by atoms with Crippen LogP contribution in [0.5, 0.6) is 0 Å². The third kappa shape index (κ3) is 5.16. The van der Waals surface area contributed by atoms with Crippen LogP contribution in [0.3, 0.4) is 0 Å². The summed E-state index contributed by atoms with van der Waals surface area (Å²) >= 11 is 12.7. The van der Waals surface area contributed by atoms with E-state index in [1.165, 1.54) is 0 Å². The number of nitrogens with one attached hydrogen (secondary N) is 1. The molecule has 3 aromatic carbocycles. The Kier molecular flexibility index (Phi) is 6.71. The predicted octanol–water partition coefficient (Wildman–Crippen LogP) is 6.63. The summed E-state index contributed by atoms with van der Waals surface area (Å²) in [4.78, 5) is 11.8. The van der Waals surface area contributed by atoms with E-state index in [9.17, 15) is 0 Å². The molecule has 31 heavy (non-hydrogen) atoms. The zero-order valence-electron chi connectivity index (χ0n) is 17.6. The average Bonchev–Trinajstić information content (AvgIpc) is 2.77.